The summed E-state index contributed by atoms with van der Waals surface area (Å²) in [5.74, 6) is -1.95. The van der Waals surface area contributed by atoms with E-state index in [1.807, 2.05) is 13.8 Å². The Kier molecular flexibility index (Phi) is 6.91. The molecule has 0 saturated heterocycles. The molecule has 18 heavy (non-hydrogen) atoms. The van der Waals surface area contributed by atoms with Gasteiger partial charge in [0.1, 0.15) is 0 Å². The zero-order valence-corrected chi connectivity index (χ0v) is 11.6. The van der Waals surface area contributed by atoms with Crippen LogP contribution in [0.4, 0.5) is 0 Å². The van der Waals surface area contributed by atoms with Gasteiger partial charge in [-0.05, 0) is 25.7 Å². The van der Waals surface area contributed by atoms with Crippen molar-refractivity contribution in [2.45, 2.75) is 53.1 Å². The summed E-state index contributed by atoms with van der Waals surface area (Å²) in [4.78, 5) is 23.5. The number of rotatable bonds is 8. The van der Waals surface area contributed by atoms with E-state index < -0.39 is 23.5 Å². The zero-order chi connectivity index (χ0) is 14.3. The van der Waals surface area contributed by atoms with Crippen molar-refractivity contribution in [2.75, 3.05) is 6.61 Å². The molecule has 5 heteroatoms. The smallest absolute Gasteiger partial charge is 0.323 e. The molecule has 0 aromatic heterocycles. The summed E-state index contributed by atoms with van der Waals surface area (Å²) < 4.78 is 4.88. The number of ether oxygens (including phenoxy) is 1. The molecule has 0 aliphatic carbocycles. The van der Waals surface area contributed by atoms with Crippen LogP contribution in [0.5, 0.6) is 0 Å². The lowest BCUT2D eigenvalue weighted by atomic mass is 9.75. The van der Waals surface area contributed by atoms with Gasteiger partial charge >= 0.3 is 11.9 Å². The molecule has 0 spiro atoms. The third kappa shape index (κ3) is 4.29. The lowest BCUT2D eigenvalue weighted by Gasteiger charge is -2.30. The van der Waals surface area contributed by atoms with E-state index in [-0.39, 0.29) is 25.4 Å². The standard InChI is InChI=1S/C13H24O5/c1-5-10(14)8-13(11(15)16,7-9(3)4)12(17)18-6-2/h9-10,14H,5-8H2,1-4H3,(H,15,16). The highest BCUT2D eigenvalue weighted by molar-refractivity contribution is 5.99. The average Bonchev–Trinajstić information content (AvgIpc) is 2.27. The van der Waals surface area contributed by atoms with Crippen molar-refractivity contribution in [1.82, 2.24) is 0 Å². The Hall–Kier alpha value is -1.10. The number of aliphatic hydroxyl groups excluding tert-OH is 1. The second-order valence-electron chi connectivity index (χ2n) is 4.97. The van der Waals surface area contributed by atoms with Crippen LogP contribution in [0, 0.1) is 11.3 Å². The molecule has 0 amide bonds. The minimum Gasteiger partial charge on any atom is -0.480 e. The molecule has 0 aliphatic heterocycles. The van der Waals surface area contributed by atoms with Gasteiger partial charge in [0.15, 0.2) is 5.41 Å². The second-order valence-corrected chi connectivity index (χ2v) is 4.97. The molecular weight excluding hydrogens is 236 g/mol. The molecule has 0 bridgehead atoms. The van der Waals surface area contributed by atoms with E-state index >= 15 is 0 Å². The Morgan fingerprint density at radius 2 is 1.78 bits per heavy atom. The molecule has 2 atom stereocenters. The number of hydrogen-bond donors (Lipinski definition) is 2. The van der Waals surface area contributed by atoms with Crippen molar-refractivity contribution in [2.24, 2.45) is 11.3 Å². The Balaban J connectivity index is 5.27. The number of aliphatic hydroxyl groups is 1. The number of esters is 1. The fraction of sp³-hybridized carbons (Fsp3) is 0.846. The van der Waals surface area contributed by atoms with Gasteiger partial charge in [-0.25, -0.2) is 0 Å². The molecule has 2 N–H and O–H groups in total. The number of hydrogen-bond acceptors (Lipinski definition) is 4. The molecule has 2 unspecified atom stereocenters. The van der Waals surface area contributed by atoms with Gasteiger partial charge in [0.05, 0.1) is 12.7 Å². The van der Waals surface area contributed by atoms with E-state index in [0.29, 0.717) is 6.42 Å². The number of carboxylic acid groups (broad SMARTS) is 1. The molecule has 0 aromatic rings. The van der Waals surface area contributed by atoms with E-state index in [4.69, 9.17) is 4.74 Å². The fourth-order valence-corrected chi connectivity index (χ4v) is 2.02. The predicted octanol–water partition coefficient (Wildman–Crippen LogP) is 1.83. The predicted molar refractivity (Wildman–Crippen MR) is 67.1 cm³/mol. The van der Waals surface area contributed by atoms with Gasteiger partial charge in [0, 0.05) is 6.42 Å². The zero-order valence-electron chi connectivity index (χ0n) is 11.6. The monoisotopic (exact) mass is 260 g/mol. The van der Waals surface area contributed by atoms with Crippen LogP contribution >= 0.6 is 0 Å². The lowest BCUT2D eigenvalue weighted by Crippen LogP contribution is -2.44. The molecule has 0 rings (SSSR count). The highest BCUT2D eigenvalue weighted by atomic mass is 16.5. The molecule has 0 fully saturated rings. The fourth-order valence-electron chi connectivity index (χ4n) is 2.02. The maximum Gasteiger partial charge on any atom is 0.323 e. The average molecular weight is 260 g/mol. The van der Waals surface area contributed by atoms with Crippen LogP contribution < -0.4 is 0 Å². The Morgan fingerprint density at radius 3 is 2.11 bits per heavy atom. The third-order valence-corrected chi connectivity index (χ3v) is 2.89. The van der Waals surface area contributed by atoms with Crippen LogP contribution in [0.15, 0.2) is 0 Å². The molecule has 0 heterocycles. The minimum absolute atomic E-state index is 0.0227. The first-order valence-corrected chi connectivity index (χ1v) is 6.38. The summed E-state index contributed by atoms with van der Waals surface area (Å²) >= 11 is 0. The number of carbonyl (C=O) groups is 2. The van der Waals surface area contributed by atoms with Crippen molar-refractivity contribution in [1.29, 1.82) is 0 Å². The first kappa shape index (κ1) is 16.9. The van der Waals surface area contributed by atoms with Crippen LogP contribution in [0.25, 0.3) is 0 Å². The Bertz CT molecular complexity index is 287. The van der Waals surface area contributed by atoms with Gasteiger partial charge in [-0.15, -0.1) is 0 Å². The van der Waals surface area contributed by atoms with Crippen LogP contribution in [-0.4, -0.2) is 34.9 Å². The van der Waals surface area contributed by atoms with Crippen molar-refractivity contribution in [3.8, 4) is 0 Å². The topological polar surface area (TPSA) is 83.8 Å². The van der Waals surface area contributed by atoms with Gasteiger partial charge in [-0.2, -0.15) is 0 Å². The van der Waals surface area contributed by atoms with Crippen LogP contribution in [0.3, 0.4) is 0 Å². The van der Waals surface area contributed by atoms with Crippen LogP contribution in [0.1, 0.15) is 47.0 Å². The van der Waals surface area contributed by atoms with Gasteiger partial charge < -0.3 is 14.9 Å². The van der Waals surface area contributed by atoms with Gasteiger partial charge in [-0.1, -0.05) is 20.8 Å². The van der Waals surface area contributed by atoms with Crippen molar-refractivity contribution in [3.63, 3.8) is 0 Å². The number of carbonyl (C=O) groups excluding carboxylic acids is 1. The van der Waals surface area contributed by atoms with Crippen LogP contribution in [-0.2, 0) is 14.3 Å². The summed E-state index contributed by atoms with van der Waals surface area (Å²) in [5, 5.41) is 19.1. The molecule has 106 valence electrons. The summed E-state index contributed by atoms with van der Waals surface area (Å²) in [7, 11) is 0. The Morgan fingerprint density at radius 1 is 1.22 bits per heavy atom. The molecule has 0 saturated carbocycles. The van der Waals surface area contributed by atoms with Crippen molar-refractivity contribution in [3.05, 3.63) is 0 Å². The van der Waals surface area contributed by atoms with Gasteiger partial charge in [-0.3, -0.25) is 9.59 Å². The molecule has 0 aromatic carbocycles. The first-order chi connectivity index (χ1) is 8.30. The maximum atomic E-state index is 12.0. The highest BCUT2D eigenvalue weighted by Crippen LogP contribution is 2.34. The first-order valence-electron chi connectivity index (χ1n) is 6.38. The quantitative estimate of drug-likeness (QED) is 0.514. The minimum atomic E-state index is -1.64. The van der Waals surface area contributed by atoms with Gasteiger partial charge in [0.25, 0.3) is 0 Å². The Labute approximate surface area is 108 Å². The second kappa shape index (κ2) is 7.36. The highest BCUT2D eigenvalue weighted by Gasteiger charge is 2.49. The maximum absolute atomic E-state index is 12.0. The van der Waals surface area contributed by atoms with E-state index in [2.05, 4.69) is 0 Å². The lowest BCUT2D eigenvalue weighted by molar-refractivity contribution is -0.172. The summed E-state index contributed by atoms with van der Waals surface area (Å²) in [6, 6.07) is 0. The largest absolute Gasteiger partial charge is 0.480 e. The normalized spacial score (nSPS) is 16.1. The van der Waals surface area contributed by atoms with E-state index in [1.54, 1.807) is 13.8 Å². The van der Waals surface area contributed by atoms with Crippen LogP contribution in [0.2, 0.25) is 0 Å². The molecule has 0 aliphatic rings. The van der Waals surface area contributed by atoms with Crippen molar-refractivity contribution >= 4 is 11.9 Å². The number of carboxylic acids is 1. The molecular formula is C13H24O5. The van der Waals surface area contributed by atoms with E-state index in [0.717, 1.165) is 0 Å². The summed E-state index contributed by atoms with van der Waals surface area (Å²) in [6.45, 7) is 7.20. The number of aliphatic carboxylic acids is 1. The molecule has 0 radical (unpaired) electrons. The van der Waals surface area contributed by atoms with E-state index in [1.165, 1.54) is 0 Å². The van der Waals surface area contributed by atoms with Crippen molar-refractivity contribution < 1.29 is 24.5 Å². The SMILES string of the molecule is CCOC(=O)C(CC(C)C)(CC(O)CC)C(=O)O. The van der Waals surface area contributed by atoms with E-state index in [9.17, 15) is 19.8 Å². The summed E-state index contributed by atoms with van der Waals surface area (Å²) in [5.41, 5.74) is -1.64. The molecule has 5 nitrogen and oxygen atoms in total. The third-order valence-electron chi connectivity index (χ3n) is 2.89. The van der Waals surface area contributed by atoms with Gasteiger partial charge in [0.2, 0.25) is 0 Å². The summed E-state index contributed by atoms with van der Waals surface area (Å²) in [6.07, 6.45) is -0.343.